The highest BCUT2D eigenvalue weighted by molar-refractivity contribution is 14.0. The second-order valence-electron chi connectivity index (χ2n) is 9.58. The molecule has 0 aliphatic carbocycles. The SMILES string of the molecule is CN=C(NCCCCn1ccnc1C)NC1CCN(c2ccc(C(C)(C)C)cc2)CC1.I. The van der Waals surface area contributed by atoms with Crippen LogP contribution in [0.15, 0.2) is 41.7 Å². The number of hydrogen-bond donors (Lipinski definition) is 2. The van der Waals surface area contributed by atoms with Crippen LogP contribution in [0.3, 0.4) is 0 Å². The lowest BCUT2D eigenvalue weighted by molar-refractivity contribution is 0.460. The van der Waals surface area contributed by atoms with E-state index in [2.05, 4.69) is 88.2 Å². The summed E-state index contributed by atoms with van der Waals surface area (Å²) < 4.78 is 2.21. The van der Waals surface area contributed by atoms with E-state index in [-0.39, 0.29) is 29.4 Å². The van der Waals surface area contributed by atoms with Crippen LogP contribution in [0.25, 0.3) is 0 Å². The fourth-order valence-electron chi connectivity index (χ4n) is 4.10. The van der Waals surface area contributed by atoms with Crippen molar-refractivity contribution in [3.8, 4) is 0 Å². The minimum Gasteiger partial charge on any atom is -0.371 e. The van der Waals surface area contributed by atoms with Crippen LogP contribution in [0.4, 0.5) is 5.69 Å². The van der Waals surface area contributed by atoms with E-state index in [0.717, 1.165) is 63.6 Å². The van der Waals surface area contributed by atoms with Gasteiger partial charge in [0.05, 0.1) is 0 Å². The summed E-state index contributed by atoms with van der Waals surface area (Å²) in [4.78, 5) is 11.2. The maximum atomic E-state index is 4.42. The van der Waals surface area contributed by atoms with Crippen molar-refractivity contribution in [1.82, 2.24) is 20.2 Å². The molecule has 7 heteroatoms. The number of benzene rings is 1. The number of piperidine rings is 1. The number of nitrogens with zero attached hydrogens (tertiary/aromatic N) is 4. The first kappa shape index (κ1) is 26.5. The van der Waals surface area contributed by atoms with E-state index in [1.807, 2.05) is 13.2 Å². The van der Waals surface area contributed by atoms with Crippen molar-refractivity contribution in [2.45, 2.75) is 71.4 Å². The molecule has 1 aliphatic rings. The summed E-state index contributed by atoms with van der Waals surface area (Å²) in [5.74, 6) is 2.01. The average molecular weight is 553 g/mol. The van der Waals surface area contributed by atoms with Crippen LogP contribution in [0.2, 0.25) is 0 Å². The van der Waals surface area contributed by atoms with Gasteiger partial charge in [0.25, 0.3) is 0 Å². The van der Waals surface area contributed by atoms with Crippen molar-refractivity contribution < 1.29 is 0 Å². The summed E-state index contributed by atoms with van der Waals surface area (Å²) in [6, 6.07) is 9.59. The Morgan fingerprint density at radius 3 is 2.38 bits per heavy atom. The van der Waals surface area contributed by atoms with E-state index in [1.54, 1.807) is 0 Å². The molecule has 1 aromatic carbocycles. The molecule has 2 aromatic rings. The second kappa shape index (κ2) is 12.5. The largest absolute Gasteiger partial charge is 0.371 e. The summed E-state index contributed by atoms with van der Waals surface area (Å²) >= 11 is 0. The quantitative estimate of drug-likeness (QED) is 0.226. The van der Waals surface area contributed by atoms with Crippen LogP contribution in [-0.2, 0) is 12.0 Å². The van der Waals surface area contributed by atoms with Crippen molar-refractivity contribution in [2.75, 3.05) is 31.6 Å². The van der Waals surface area contributed by atoms with Gasteiger partial charge in [-0.15, -0.1) is 24.0 Å². The lowest BCUT2D eigenvalue weighted by atomic mass is 9.87. The lowest BCUT2D eigenvalue weighted by Gasteiger charge is -2.35. The van der Waals surface area contributed by atoms with Gasteiger partial charge in [-0.3, -0.25) is 4.99 Å². The molecule has 0 atom stereocenters. The fraction of sp³-hybridized carbons (Fsp3) is 0.600. The van der Waals surface area contributed by atoms with E-state index in [1.165, 1.54) is 11.3 Å². The number of aliphatic imine (C=N–C) groups is 1. The number of aromatic nitrogens is 2. The molecule has 2 heterocycles. The van der Waals surface area contributed by atoms with Gasteiger partial charge < -0.3 is 20.1 Å². The van der Waals surface area contributed by atoms with Gasteiger partial charge in [-0.05, 0) is 55.7 Å². The van der Waals surface area contributed by atoms with Gasteiger partial charge >= 0.3 is 0 Å². The zero-order valence-electron chi connectivity index (χ0n) is 20.4. The van der Waals surface area contributed by atoms with Crippen molar-refractivity contribution in [3.05, 3.63) is 48.0 Å². The molecule has 0 saturated carbocycles. The number of aryl methyl sites for hydroxylation is 2. The van der Waals surface area contributed by atoms with Gasteiger partial charge in [-0.25, -0.2) is 4.98 Å². The molecule has 6 nitrogen and oxygen atoms in total. The average Bonchev–Trinajstić information content (AvgIpc) is 3.17. The number of anilines is 1. The Labute approximate surface area is 211 Å². The maximum Gasteiger partial charge on any atom is 0.191 e. The standard InChI is InChI=1S/C25H40N6.HI/c1-20-27-15-19-30(20)16-7-6-14-28-24(26-5)29-22-12-17-31(18-13-22)23-10-8-21(9-11-23)25(2,3)4;/h8-11,15,19,22H,6-7,12-14,16-18H2,1-5H3,(H2,26,28,29);1H. The molecule has 1 aromatic heterocycles. The van der Waals surface area contributed by atoms with Crippen LogP contribution < -0.4 is 15.5 Å². The highest BCUT2D eigenvalue weighted by Gasteiger charge is 2.21. The molecule has 178 valence electrons. The van der Waals surface area contributed by atoms with Crippen LogP contribution >= 0.6 is 24.0 Å². The first-order valence-corrected chi connectivity index (χ1v) is 11.7. The van der Waals surface area contributed by atoms with Crippen LogP contribution in [0, 0.1) is 6.92 Å². The van der Waals surface area contributed by atoms with Crippen LogP contribution in [-0.4, -0.2) is 48.2 Å². The lowest BCUT2D eigenvalue weighted by Crippen LogP contribution is -2.48. The summed E-state index contributed by atoms with van der Waals surface area (Å²) in [6.45, 7) is 13.0. The third kappa shape index (κ3) is 7.67. The Hall–Kier alpha value is -1.77. The predicted octanol–water partition coefficient (Wildman–Crippen LogP) is 4.72. The third-order valence-corrected chi connectivity index (χ3v) is 6.20. The molecular formula is C25H41IN6. The first-order chi connectivity index (χ1) is 14.9. The minimum absolute atomic E-state index is 0. The normalized spacial score (nSPS) is 15.4. The Morgan fingerprint density at radius 1 is 1.12 bits per heavy atom. The van der Waals surface area contributed by atoms with Crippen molar-refractivity contribution >= 4 is 35.6 Å². The molecule has 0 unspecified atom stereocenters. The molecule has 0 radical (unpaired) electrons. The van der Waals surface area contributed by atoms with Gasteiger partial charge in [0.2, 0.25) is 0 Å². The molecule has 1 fully saturated rings. The van der Waals surface area contributed by atoms with Gasteiger partial charge in [0.1, 0.15) is 5.82 Å². The Balaban J connectivity index is 0.00000363. The molecule has 0 bridgehead atoms. The zero-order chi connectivity index (χ0) is 22.3. The first-order valence-electron chi connectivity index (χ1n) is 11.7. The molecule has 1 saturated heterocycles. The highest BCUT2D eigenvalue weighted by atomic mass is 127. The topological polar surface area (TPSA) is 57.5 Å². The number of imidazole rings is 1. The number of rotatable bonds is 7. The monoisotopic (exact) mass is 552 g/mol. The van der Waals surface area contributed by atoms with E-state index in [0.29, 0.717) is 6.04 Å². The Kier molecular flexibility index (Phi) is 10.3. The third-order valence-electron chi connectivity index (χ3n) is 6.20. The van der Waals surface area contributed by atoms with E-state index in [4.69, 9.17) is 0 Å². The second-order valence-corrected chi connectivity index (χ2v) is 9.58. The van der Waals surface area contributed by atoms with Crippen LogP contribution in [0.5, 0.6) is 0 Å². The Morgan fingerprint density at radius 2 is 1.81 bits per heavy atom. The van der Waals surface area contributed by atoms with Gasteiger partial charge in [0.15, 0.2) is 5.96 Å². The van der Waals surface area contributed by atoms with E-state index in [9.17, 15) is 0 Å². The van der Waals surface area contributed by atoms with E-state index >= 15 is 0 Å². The van der Waals surface area contributed by atoms with Crippen molar-refractivity contribution in [1.29, 1.82) is 0 Å². The van der Waals surface area contributed by atoms with Gasteiger partial charge in [0, 0.05) is 57.3 Å². The number of hydrogen-bond acceptors (Lipinski definition) is 3. The number of nitrogens with one attached hydrogen (secondary N) is 2. The van der Waals surface area contributed by atoms with E-state index < -0.39 is 0 Å². The number of unbranched alkanes of at least 4 members (excludes halogenated alkanes) is 1. The van der Waals surface area contributed by atoms with Crippen molar-refractivity contribution in [3.63, 3.8) is 0 Å². The summed E-state index contributed by atoms with van der Waals surface area (Å²) in [7, 11) is 1.86. The van der Waals surface area contributed by atoms with Crippen molar-refractivity contribution in [2.24, 2.45) is 4.99 Å². The minimum atomic E-state index is 0. The summed E-state index contributed by atoms with van der Waals surface area (Å²) in [5, 5.41) is 7.09. The molecular weight excluding hydrogens is 511 g/mol. The summed E-state index contributed by atoms with van der Waals surface area (Å²) in [6.07, 6.45) is 8.41. The molecule has 3 rings (SSSR count). The molecule has 32 heavy (non-hydrogen) atoms. The van der Waals surface area contributed by atoms with Gasteiger partial charge in [-0.1, -0.05) is 32.9 Å². The zero-order valence-corrected chi connectivity index (χ0v) is 22.7. The van der Waals surface area contributed by atoms with Crippen LogP contribution in [0.1, 0.15) is 57.8 Å². The molecule has 0 spiro atoms. The highest BCUT2D eigenvalue weighted by Crippen LogP contribution is 2.26. The molecule has 2 N–H and O–H groups in total. The molecule has 0 amide bonds. The fourth-order valence-corrected chi connectivity index (χ4v) is 4.10. The van der Waals surface area contributed by atoms with Gasteiger partial charge in [-0.2, -0.15) is 0 Å². The number of halogens is 1. The maximum absolute atomic E-state index is 4.42. The smallest absolute Gasteiger partial charge is 0.191 e. The number of guanidine groups is 1. The predicted molar refractivity (Wildman–Crippen MR) is 146 cm³/mol. The summed E-state index contributed by atoms with van der Waals surface area (Å²) in [5.41, 5.74) is 2.93. The molecule has 1 aliphatic heterocycles. The Bertz CT molecular complexity index is 829.